The molecule has 1 heterocycles. The summed E-state index contributed by atoms with van der Waals surface area (Å²) in [6, 6.07) is 4.58. The third-order valence-electron chi connectivity index (χ3n) is 4.21. The molecular formula is C20H26Cl2N4O2S. The van der Waals surface area contributed by atoms with Crippen molar-refractivity contribution in [1.82, 2.24) is 15.2 Å². The normalized spacial score (nSPS) is 10.8. The highest BCUT2D eigenvalue weighted by Gasteiger charge is 2.20. The van der Waals surface area contributed by atoms with Gasteiger partial charge in [0.2, 0.25) is 0 Å². The van der Waals surface area contributed by atoms with Crippen LogP contribution in [-0.2, 0) is 6.54 Å². The Morgan fingerprint density at radius 2 is 1.97 bits per heavy atom. The number of anilines is 1. The van der Waals surface area contributed by atoms with Crippen molar-refractivity contribution in [3.05, 3.63) is 44.3 Å². The fourth-order valence-corrected chi connectivity index (χ4v) is 3.63. The fraction of sp³-hybridized carbons (Fsp3) is 0.450. The molecule has 0 spiro atoms. The van der Waals surface area contributed by atoms with Crippen molar-refractivity contribution in [3.63, 3.8) is 0 Å². The minimum absolute atomic E-state index is 0.0620. The van der Waals surface area contributed by atoms with Gasteiger partial charge in [0.1, 0.15) is 10.7 Å². The van der Waals surface area contributed by atoms with Crippen LogP contribution in [-0.4, -0.2) is 34.4 Å². The number of urea groups is 1. The van der Waals surface area contributed by atoms with E-state index in [-0.39, 0.29) is 18.0 Å². The SMILES string of the molecule is CCCCCNC(=O)c1csc(CN(C(=O)Nc2ccc(Cl)c(Cl)c2)C(C)C)n1. The summed E-state index contributed by atoms with van der Waals surface area (Å²) in [4.78, 5) is 31.0. The van der Waals surface area contributed by atoms with Crippen LogP contribution in [0.1, 0.15) is 55.5 Å². The predicted octanol–water partition coefficient (Wildman–Crippen LogP) is 5.81. The number of nitrogens with zero attached hydrogens (tertiary/aromatic N) is 2. The molecule has 0 aliphatic heterocycles. The van der Waals surface area contributed by atoms with E-state index in [1.54, 1.807) is 28.5 Å². The molecular weight excluding hydrogens is 431 g/mol. The summed E-state index contributed by atoms with van der Waals surface area (Å²) in [5.41, 5.74) is 0.941. The molecule has 1 aromatic heterocycles. The molecule has 0 bridgehead atoms. The van der Waals surface area contributed by atoms with Gasteiger partial charge in [-0.05, 0) is 38.5 Å². The molecule has 6 nitrogen and oxygen atoms in total. The van der Waals surface area contributed by atoms with Crippen molar-refractivity contribution in [2.75, 3.05) is 11.9 Å². The standard InChI is InChI=1S/C20H26Cl2N4O2S/c1-4-5-6-9-23-19(27)17-12-29-18(25-17)11-26(13(2)3)20(28)24-14-7-8-15(21)16(22)10-14/h7-8,10,12-13H,4-6,9,11H2,1-3H3,(H,23,27)(H,24,28). The fourth-order valence-electron chi connectivity index (χ4n) is 2.56. The number of carbonyl (C=O) groups excluding carboxylic acids is 2. The Kier molecular flexibility index (Phi) is 9.20. The van der Waals surface area contributed by atoms with E-state index < -0.39 is 0 Å². The van der Waals surface area contributed by atoms with E-state index in [9.17, 15) is 9.59 Å². The van der Waals surface area contributed by atoms with Crippen molar-refractivity contribution in [1.29, 1.82) is 0 Å². The maximum absolute atomic E-state index is 12.7. The number of carbonyl (C=O) groups is 2. The number of aromatic nitrogens is 1. The maximum Gasteiger partial charge on any atom is 0.322 e. The van der Waals surface area contributed by atoms with E-state index in [1.165, 1.54) is 11.3 Å². The first-order valence-corrected chi connectivity index (χ1v) is 11.2. The van der Waals surface area contributed by atoms with Crippen LogP contribution in [0.25, 0.3) is 0 Å². The first-order valence-electron chi connectivity index (χ1n) is 9.57. The Hall–Kier alpha value is -1.83. The molecule has 0 atom stereocenters. The van der Waals surface area contributed by atoms with E-state index >= 15 is 0 Å². The first kappa shape index (κ1) is 23.4. The lowest BCUT2D eigenvalue weighted by Gasteiger charge is -2.26. The van der Waals surface area contributed by atoms with E-state index in [0.29, 0.717) is 39.5 Å². The van der Waals surface area contributed by atoms with Crippen LogP contribution < -0.4 is 10.6 Å². The number of thiazole rings is 1. The minimum atomic E-state index is -0.279. The minimum Gasteiger partial charge on any atom is -0.351 e. The summed E-state index contributed by atoms with van der Waals surface area (Å²) < 4.78 is 0. The van der Waals surface area contributed by atoms with Gasteiger partial charge < -0.3 is 15.5 Å². The monoisotopic (exact) mass is 456 g/mol. The van der Waals surface area contributed by atoms with E-state index in [0.717, 1.165) is 19.3 Å². The number of benzene rings is 1. The van der Waals surface area contributed by atoms with Gasteiger partial charge in [-0.1, -0.05) is 43.0 Å². The summed E-state index contributed by atoms with van der Waals surface area (Å²) in [6.07, 6.45) is 3.14. The molecule has 0 aliphatic rings. The Bertz CT molecular complexity index is 842. The number of rotatable bonds is 9. The molecule has 0 saturated carbocycles. The van der Waals surface area contributed by atoms with E-state index in [1.807, 2.05) is 13.8 Å². The van der Waals surface area contributed by atoms with Crippen molar-refractivity contribution >= 4 is 52.2 Å². The van der Waals surface area contributed by atoms with E-state index in [4.69, 9.17) is 23.2 Å². The number of nitrogens with one attached hydrogen (secondary N) is 2. The Labute approximate surface area is 185 Å². The number of hydrogen-bond acceptors (Lipinski definition) is 4. The molecule has 0 aliphatic carbocycles. The average molecular weight is 457 g/mol. The van der Waals surface area contributed by atoms with Crippen LogP contribution in [0.3, 0.4) is 0 Å². The van der Waals surface area contributed by atoms with Gasteiger partial charge in [-0.25, -0.2) is 9.78 Å². The third-order valence-corrected chi connectivity index (χ3v) is 5.78. The molecule has 2 rings (SSSR count). The molecule has 2 aromatic rings. The van der Waals surface area contributed by atoms with Crippen LogP contribution in [0.5, 0.6) is 0 Å². The molecule has 158 valence electrons. The summed E-state index contributed by atoms with van der Waals surface area (Å²) in [5.74, 6) is -0.181. The molecule has 1 aromatic carbocycles. The van der Waals surface area contributed by atoms with Gasteiger partial charge in [-0.3, -0.25) is 4.79 Å². The summed E-state index contributed by atoms with van der Waals surface area (Å²) in [7, 11) is 0. The molecule has 2 N–H and O–H groups in total. The highest BCUT2D eigenvalue weighted by atomic mass is 35.5. The van der Waals surface area contributed by atoms with Crippen molar-refractivity contribution in [2.45, 2.75) is 52.6 Å². The largest absolute Gasteiger partial charge is 0.351 e. The van der Waals surface area contributed by atoms with Crippen LogP contribution in [0.2, 0.25) is 10.0 Å². The van der Waals surface area contributed by atoms with Crippen molar-refractivity contribution in [3.8, 4) is 0 Å². The van der Waals surface area contributed by atoms with E-state index in [2.05, 4.69) is 22.5 Å². The summed E-state index contributed by atoms with van der Waals surface area (Å²) >= 11 is 13.3. The zero-order valence-electron chi connectivity index (χ0n) is 16.8. The van der Waals surface area contributed by atoms with Gasteiger partial charge in [-0.15, -0.1) is 11.3 Å². The second-order valence-corrected chi connectivity index (χ2v) is 8.63. The summed E-state index contributed by atoms with van der Waals surface area (Å²) in [5, 5.41) is 8.91. The molecule has 9 heteroatoms. The Morgan fingerprint density at radius 1 is 1.21 bits per heavy atom. The van der Waals surface area contributed by atoms with Gasteiger partial charge in [0.05, 0.1) is 16.6 Å². The predicted molar refractivity (Wildman–Crippen MR) is 120 cm³/mol. The Morgan fingerprint density at radius 3 is 2.62 bits per heavy atom. The van der Waals surface area contributed by atoms with Crippen LogP contribution in [0.15, 0.2) is 23.6 Å². The smallest absolute Gasteiger partial charge is 0.322 e. The molecule has 29 heavy (non-hydrogen) atoms. The maximum atomic E-state index is 12.7. The lowest BCUT2D eigenvalue weighted by atomic mass is 10.2. The van der Waals surface area contributed by atoms with Crippen LogP contribution in [0.4, 0.5) is 10.5 Å². The topological polar surface area (TPSA) is 74.3 Å². The zero-order valence-corrected chi connectivity index (χ0v) is 19.1. The van der Waals surface area contributed by atoms with Gasteiger partial charge >= 0.3 is 6.03 Å². The average Bonchev–Trinajstić information content (AvgIpc) is 3.14. The van der Waals surface area contributed by atoms with Crippen molar-refractivity contribution < 1.29 is 9.59 Å². The van der Waals surface area contributed by atoms with Crippen molar-refractivity contribution in [2.24, 2.45) is 0 Å². The highest BCUT2D eigenvalue weighted by Crippen LogP contribution is 2.25. The number of unbranched alkanes of at least 4 members (excludes halogenated alkanes) is 2. The quantitative estimate of drug-likeness (QED) is 0.467. The van der Waals surface area contributed by atoms with Crippen LogP contribution >= 0.6 is 34.5 Å². The van der Waals surface area contributed by atoms with Crippen LogP contribution in [0, 0.1) is 0 Å². The zero-order chi connectivity index (χ0) is 21.4. The van der Waals surface area contributed by atoms with Gasteiger partial charge in [0.15, 0.2) is 0 Å². The number of halogens is 2. The lowest BCUT2D eigenvalue weighted by Crippen LogP contribution is -2.39. The second-order valence-electron chi connectivity index (χ2n) is 6.87. The van der Waals surface area contributed by atoms with Gasteiger partial charge in [0, 0.05) is 23.7 Å². The first-order chi connectivity index (χ1) is 13.8. The highest BCUT2D eigenvalue weighted by molar-refractivity contribution is 7.09. The Balaban J connectivity index is 1.99. The molecule has 0 fully saturated rings. The molecule has 3 amide bonds. The summed E-state index contributed by atoms with van der Waals surface area (Å²) in [6.45, 7) is 6.90. The molecule has 0 radical (unpaired) electrons. The van der Waals surface area contributed by atoms with Gasteiger partial charge in [-0.2, -0.15) is 0 Å². The number of hydrogen-bond donors (Lipinski definition) is 2. The molecule has 0 unspecified atom stereocenters. The number of amides is 3. The molecule has 0 saturated heterocycles. The lowest BCUT2D eigenvalue weighted by molar-refractivity contribution is 0.0948. The second kappa shape index (κ2) is 11.4. The third kappa shape index (κ3) is 7.17. The van der Waals surface area contributed by atoms with Gasteiger partial charge in [0.25, 0.3) is 5.91 Å².